The first-order valence-corrected chi connectivity index (χ1v) is 13.2. The van der Waals surface area contributed by atoms with Crippen LogP contribution < -0.4 is 5.32 Å². The predicted octanol–water partition coefficient (Wildman–Crippen LogP) is 6.43. The molecule has 0 radical (unpaired) electrons. The average Bonchev–Trinajstić information content (AvgIpc) is 2.89. The molecule has 0 saturated heterocycles. The second-order valence-corrected chi connectivity index (χ2v) is 9.62. The molecule has 0 aliphatic heterocycles. The molecule has 1 saturated carbocycles. The number of carbonyl (C=O) groups excluding carboxylic acids is 2. The van der Waals surface area contributed by atoms with E-state index < -0.39 is 17.9 Å². The summed E-state index contributed by atoms with van der Waals surface area (Å²) in [4.78, 5) is 24.9. The first kappa shape index (κ1) is 25.9. The lowest BCUT2D eigenvalue weighted by Gasteiger charge is -2.33. The zero-order chi connectivity index (χ0) is 25.5. The summed E-state index contributed by atoms with van der Waals surface area (Å²) in [6.07, 6.45) is 4.53. The molecule has 0 aromatic heterocycles. The molecule has 1 aliphatic rings. The van der Waals surface area contributed by atoms with Crippen molar-refractivity contribution in [2.75, 3.05) is 13.2 Å². The number of carbonyl (C=O) groups is 2. The summed E-state index contributed by atoms with van der Waals surface area (Å²) in [6.45, 7) is 6.17. The quantitative estimate of drug-likeness (QED) is 0.278. The second-order valence-electron chi connectivity index (χ2n) is 9.62. The van der Waals surface area contributed by atoms with Crippen LogP contribution in [0.1, 0.15) is 81.0 Å². The van der Waals surface area contributed by atoms with Gasteiger partial charge in [-0.05, 0) is 73.4 Å². The van der Waals surface area contributed by atoms with Gasteiger partial charge in [0, 0.05) is 12.1 Å². The van der Waals surface area contributed by atoms with Crippen molar-refractivity contribution in [1.29, 1.82) is 0 Å². The third kappa shape index (κ3) is 5.96. The highest BCUT2D eigenvalue weighted by atomic mass is 16.6. The molecular weight excluding hydrogens is 450 g/mol. The number of hydrogen-bond acceptors (Lipinski definition) is 5. The van der Waals surface area contributed by atoms with E-state index in [1.165, 1.54) is 28.3 Å². The van der Waals surface area contributed by atoms with Gasteiger partial charge in [-0.3, -0.25) is 9.59 Å². The zero-order valence-corrected chi connectivity index (χ0v) is 21.5. The van der Waals surface area contributed by atoms with E-state index in [0.717, 1.165) is 19.3 Å². The SMILES string of the molecule is CCOC(=O)C(C(=O)OCC)c1ccc([C@H]2CCCC(N[C@H](C)c3cccc4ccccc34)C2)cc1. The third-order valence-corrected chi connectivity index (χ3v) is 7.24. The van der Waals surface area contributed by atoms with Crippen LogP contribution in [0.2, 0.25) is 0 Å². The third-order valence-electron chi connectivity index (χ3n) is 7.24. The number of benzene rings is 3. The largest absolute Gasteiger partial charge is 0.465 e. The summed E-state index contributed by atoms with van der Waals surface area (Å²) in [5, 5.41) is 6.47. The normalized spacial score (nSPS) is 18.7. The molecule has 1 fully saturated rings. The molecule has 0 amide bonds. The van der Waals surface area contributed by atoms with Gasteiger partial charge in [0.25, 0.3) is 0 Å². The molecule has 3 aromatic rings. The van der Waals surface area contributed by atoms with Gasteiger partial charge >= 0.3 is 11.9 Å². The van der Waals surface area contributed by atoms with Crippen LogP contribution in [-0.2, 0) is 19.1 Å². The number of rotatable bonds is 9. The summed E-state index contributed by atoms with van der Waals surface area (Å²) in [6, 6.07) is 23.7. The van der Waals surface area contributed by atoms with Crippen LogP contribution in [-0.4, -0.2) is 31.2 Å². The van der Waals surface area contributed by atoms with Crippen LogP contribution in [0.5, 0.6) is 0 Å². The molecule has 1 aliphatic carbocycles. The van der Waals surface area contributed by atoms with E-state index in [1.807, 2.05) is 12.1 Å². The van der Waals surface area contributed by atoms with E-state index in [0.29, 0.717) is 17.5 Å². The van der Waals surface area contributed by atoms with Crippen molar-refractivity contribution in [3.05, 3.63) is 83.4 Å². The highest BCUT2D eigenvalue weighted by Crippen LogP contribution is 2.35. The van der Waals surface area contributed by atoms with Crippen molar-refractivity contribution in [1.82, 2.24) is 5.32 Å². The molecule has 5 heteroatoms. The van der Waals surface area contributed by atoms with Crippen molar-refractivity contribution in [3.63, 3.8) is 0 Å². The molecule has 1 unspecified atom stereocenters. The maximum atomic E-state index is 12.5. The van der Waals surface area contributed by atoms with Crippen LogP contribution in [0, 0.1) is 0 Å². The lowest BCUT2D eigenvalue weighted by Crippen LogP contribution is -2.35. The minimum absolute atomic E-state index is 0.223. The van der Waals surface area contributed by atoms with Crippen LogP contribution in [0.15, 0.2) is 66.7 Å². The first-order chi connectivity index (χ1) is 17.5. The fourth-order valence-electron chi connectivity index (χ4n) is 5.50. The Morgan fingerprint density at radius 2 is 1.56 bits per heavy atom. The second kappa shape index (κ2) is 12.2. The lowest BCUT2D eigenvalue weighted by atomic mass is 9.80. The molecule has 4 rings (SSSR count). The lowest BCUT2D eigenvalue weighted by molar-refractivity contribution is -0.156. The van der Waals surface area contributed by atoms with Gasteiger partial charge in [-0.1, -0.05) is 73.2 Å². The van der Waals surface area contributed by atoms with E-state index in [-0.39, 0.29) is 19.3 Å². The van der Waals surface area contributed by atoms with E-state index >= 15 is 0 Å². The van der Waals surface area contributed by atoms with E-state index in [2.05, 4.69) is 66.8 Å². The van der Waals surface area contributed by atoms with Gasteiger partial charge < -0.3 is 14.8 Å². The van der Waals surface area contributed by atoms with Crippen molar-refractivity contribution in [2.24, 2.45) is 0 Å². The van der Waals surface area contributed by atoms with Gasteiger partial charge in [-0.25, -0.2) is 0 Å². The Morgan fingerprint density at radius 1 is 0.889 bits per heavy atom. The fraction of sp³-hybridized carbons (Fsp3) is 0.419. The first-order valence-electron chi connectivity index (χ1n) is 13.2. The fourth-order valence-corrected chi connectivity index (χ4v) is 5.50. The van der Waals surface area contributed by atoms with Gasteiger partial charge in [-0.2, -0.15) is 0 Å². The van der Waals surface area contributed by atoms with Gasteiger partial charge in [-0.15, -0.1) is 0 Å². The molecule has 5 nitrogen and oxygen atoms in total. The Hall–Kier alpha value is -3.18. The van der Waals surface area contributed by atoms with Crippen LogP contribution in [0.25, 0.3) is 10.8 Å². The predicted molar refractivity (Wildman–Crippen MR) is 143 cm³/mol. The van der Waals surface area contributed by atoms with E-state index in [1.54, 1.807) is 13.8 Å². The Kier molecular flexibility index (Phi) is 8.76. The smallest absolute Gasteiger partial charge is 0.324 e. The van der Waals surface area contributed by atoms with E-state index in [4.69, 9.17) is 9.47 Å². The van der Waals surface area contributed by atoms with Gasteiger partial charge in [0.15, 0.2) is 5.92 Å². The number of hydrogen-bond donors (Lipinski definition) is 1. The van der Waals surface area contributed by atoms with Crippen molar-refractivity contribution >= 4 is 22.7 Å². The Balaban J connectivity index is 1.45. The maximum absolute atomic E-state index is 12.5. The molecular formula is C31H37NO4. The summed E-state index contributed by atoms with van der Waals surface area (Å²) in [5.74, 6) is -1.73. The minimum atomic E-state index is -1.04. The van der Waals surface area contributed by atoms with Crippen LogP contribution in [0.4, 0.5) is 0 Å². The Morgan fingerprint density at radius 3 is 2.25 bits per heavy atom. The molecule has 1 N–H and O–H groups in total. The summed E-state index contributed by atoms with van der Waals surface area (Å²) in [7, 11) is 0. The molecule has 36 heavy (non-hydrogen) atoms. The van der Waals surface area contributed by atoms with Crippen molar-refractivity contribution in [3.8, 4) is 0 Å². The number of fused-ring (bicyclic) bond motifs is 1. The molecule has 0 bridgehead atoms. The number of nitrogens with one attached hydrogen (secondary N) is 1. The summed E-state index contributed by atoms with van der Waals surface area (Å²) >= 11 is 0. The topological polar surface area (TPSA) is 64.6 Å². The van der Waals surface area contributed by atoms with Gasteiger partial charge in [0.2, 0.25) is 0 Å². The maximum Gasteiger partial charge on any atom is 0.324 e. The van der Waals surface area contributed by atoms with Gasteiger partial charge in [0.1, 0.15) is 0 Å². The van der Waals surface area contributed by atoms with Gasteiger partial charge in [0.05, 0.1) is 13.2 Å². The molecule has 190 valence electrons. The monoisotopic (exact) mass is 487 g/mol. The zero-order valence-electron chi connectivity index (χ0n) is 21.5. The molecule has 0 heterocycles. The summed E-state index contributed by atoms with van der Waals surface area (Å²) < 4.78 is 10.3. The highest BCUT2D eigenvalue weighted by molar-refractivity contribution is 6.00. The van der Waals surface area contributed by atoms with Crippen LogP contribution in [0.3, 0.4) is 0 Å². The standard InChI is InChI=1S/C31H37NO4/c1-4-35-30(33)29(31(34)36-5-2)24-18-16-22(17-19-24)25-12-8-13-26(20-25)32-21(3)27-15-9-11-23-10-6-7-14-28(23)27/h6-7,9-11,14-19,21,25-26,29,32H,4-5,8,12-13,20H2,1-3H3/t21-,25+,26?/m1/s1. The van der Waals surface area contributed by atoms with Crippen LogP contribution >= 0.6 is 0 Å². The Bertz CT molecular complexity index is 1150. The molecule has 0 spiro atoms. The average molecular weight is 488 g/mol. The van der Waals surface area contributed by atoms with E-state index in [9.17, 15) is 9.59 Å². The molecule has 3 atom stereocenters. The highest BCUT2D eigenvalue weighted by Gasteiger charge is 2.32. The number of ether oxygens (including phenoxy) is 2. The minimum Gasteiger partial charge on any atom is -0.465 e. The number of esters is 2. The summed E-state index contributed by atoms with van der Waals surface area (Å²) in [5.41, 5.74) is 3.20. The van der Waals surface area contributed by atoms with Crippen molar-refractivity contribution in [2.45, 2.75) is 70.4 Å². The van der Waals surface area contributed by atoms with Crippen molar-refractivity contribution < 1.29 is 19.1 Å². The molecule has 3 aromatic carbocycles. The Labute approximate surface area is 214 Å².